The lowest BCUT2D eigenvalue weighted by atomic mass is 10.1. The van der Waals surface area contributed by atoms with E-state index in [1.54, 1.807) is 53.1 Å². The summed E-state index contributed by atoms with van der Waals surface area (Å²) in [7, 11) is 0. The van der Waals surface area contributed by atoms with Crippen LogP contribution in [-0.2, 0) is 9.59 Å². The van der Waals surface area contributed by atoms with Gasteiger partial charge in [-0.3, -0.25) is 9.59 Å². The molecule has 2 aromatic rings. The molecule has 0 unspecified atom stereocenters. The van der Waals surface area contributed by atoms with Crippen molar-refractivity contribution in [2.75, 3.05) is 16.8 Å². The van der Waals surface area contributed by atoms with Gasteiger partial charge in [-0.25, -0.2) is 0 Å². The highest BCUT2D eigenvalue weighted by molar-refractivity contribution is 8.25. The fraction of sp³-hybridized carbons (Fsp3) is 0.111. The van der Waals surface area contributed by atoms with Crippen molar-refractivity contribution in [1.29, 1.82) is 0 Å². The third-order valence-electron chi connectivity index (χ3n) is 3.20. The molecule has 1 aliphatic heterocycles. The van der Waals surface area contributed by atoms with E-state index >= 15 is 0 Å². The van der Waals surface area contributed by atoms with E-state index in [0.717, 1.165) is 20.6 Å². The SMILES string of the molecule is O=C(/C=C/c1cccs1)C(C(=O)Nc1ccccc1)=C1SCCS1. The number of amides is 1. The molecule has 1 aromatic heterocycles. The first kappa shape index (κ1) is 17.1. The Kier molecular flexibility index (Phi) is 5.96. The Hall–Kier alpha value is -1.76. The number of nitrogens with one attached hydrogen (secondary N) is 1. The molecule has 0 radical (unpaired) electrons. The Bertz CT molecular complexity index is 772. The van der Waals surface area contributed by atoms with E-state index in [9.17, 15) is 9.59 Å². The first-order valence-corrected chi connectivity index (χ1v) is 10.2. The van der Waals surface area contributed by atoms with E-state index < -0.39 is 0 Å². The number of ketones is 1. The van der Waals surface area contributed by atoms with Crippen molar-refractivity contribution in [3.8, 4) is 0 Å². The molecule has 6 heteroatoms. The summed E-state index contributed by atoms with van der Waals surface area (Å²) in [5.41, 5.74) is 0.919. The van der Waals surface area contributed by atoms with Crippen molar-refractivity contribution >= 4 is 58.3 Å². The number of rotatable bonds is 5. The minimum atomic E-state index is -0.348. The zero-order chi connectivity index (χ0) is 16.8. The van der Waals surface area contributed by atoms with Crippen LogP contribution in [0.15, 0.2) is 63.7 Å². The van der Waals surface area contributed by atoms with Crippen molar-refractivity contribution in [3.05, 3.63) is 68.6 Å². The lowest BCUT2D eigenvalue weighted by molar-refractivity contribution is -0.117. The topological polar surface area (TPSA) is 46.2 Å². The van der Waals surface area contributed by atoms with Gasteiger partial charge in [0.15, 0.2) is 5.78 Å². The summed E-state index contributed by atoms with van der Waals surface area (Å²) < 4.78 is 0.810. The number of para-hydroxylation sites is 1. The van der Waals surface area contributed by atoms with Crippen molar-refractivity contribution in [1.82, 2.24) is 0 Å². The van der Waals surface area contributed by atoms with Crippen LogP contribution in [0.5, 0.6) is 0 Å². The number of benzene rings is 1. The number of thioether (sulfide) groups is 2. The van der Waals surface area contributed by atoms with Gasteiger partial charge in [0.25, 0.3) is 5.91 Å². The van der Waals surface area contributed by atoms with E-state index in [1.807, 2.05) is 35.7 Å². The van der Waals surface area contributed by atoms with Gasteiger partial charge in [0.1, 0.15) is 5.57 Å². The molecule has 0 aliphatic carbocycles. The molecule has 1 aliphatic rings. The molecule has 3 rings (SSSR count). The number of hydrogen-bond donors (Lipinski definition) is 1. The second kappa shape index (κ2) is 8.37. The van der Waals surface area contributed by atoms with Gasteiger partial charge in [-0.2, -0.15) is 0 Å². The van der Waals surface area contributed by atoms with Crippen LogP contribution >= 0.6 is 34.9 Å². The monoisotopic (exact) mass is 373 g/mol. The first-order chi connectivity index (χ1) is 11.7. The Balaban J connectivity index is 1.83. The molecule has 0 spiro atoms. The molecule has 1 saturated heterocycles. The van der Waals surface area contributed by atoms with E-state index in [-0.39, 0.29) is 17.3 Å². The second-order valence-corrected chi connectivity index (χ2v) is 8.34. The number of carbonyl (C=O) groups excluding carboxylic acids is 2. The summed E-state index contributed by atoms with van der Waals surface area (Å²) >= 11 is 4.70. The highest BCUT2D eigenvalue weighted by Crippen LogP contribution is 2.39. The third-order valence-corrected chi connectivity index (χ3v) is 6.75. The maximum absolute atomic E-state index is 12.7. The van der Waals surface area contributed by atoms with Gasteiger partial charge in [0.2, 0.25) is 0 Å². The minimum absolute atomic E-state index is 0.235. The molecule has 0 bridgehead atoms. The first-order valence-electron chi connectivity index (χ1n) is 7.36. The third kappa shape index (κ3) is 4.41. The van der Waals surface area contributed by atoms with Gasteiger partial charge < -0.3 is 5.32 Å². The standard InChI is InChI=1S/C18H15NO2S3/c20-15(9-8-14-7-4-10-22-14)16(18-23-11-12-24-18)17(21)19-13-5-2-1-3-6-13/h1-10H,11-12H2,(H,19,21)/b9-8+. The van der Waals surface area contributed by atoms with Crippen LogP contribution in [-0.4, -0.2) is 23.2 Å². The molecule has 24 heavy (non-hydrogen) atoms. The number of thiophene rings is 1. The zero-order valence-corrected chi connectivity index (χ0v) is 15.2. The molecule has 122 valence electrons. The maximum Gasteiger partial charge on any atom is 0.261 e. The average Bonchev–Trinajstić information content (AvgIpc) is 3.28. The van der Waals surface area contributed by atoms with Crippen LogP contribution in [0, 0.1) is 0 Å². The molecule has 1 N–H and O–H groups in total. The molecule has 1 aromatic carbocycles. The van der Waals surface area contributed by atoms with Crippen molar-refractivity contribution < 1.29 is 9.59 Å². The summed E-state index contributed by atoms with van der Waals surface area (Å²) in [4.78, 5) is 26.3. The van der Waals surface area contributed by atoms with Gasteiger partial charge in [0.05, 0.1) is 4.24 Å². The highest BCUT2D eigenvalue weighted by atomic mass is 32.2. The fourth-order valence-corrected chi connectivity index (χ4v) is 5.27. The van der Waals surface area contributed by atoms with Crippen LogP contribution in [0.1, 0.15) is 4.88 Å². The lowest BCUT2D eigenvalue weighted by Gasteiger charge is -2.09. The fourth-order valence-electron chi connectivity index (χ4n) is 2.10. The number of anilines is 1. The molecular formula is C18H15NO2S3. The summed E-state index contributed by atoms with van der Waals surface area (Å²) in [6.45, 7) is 0. The number of carbonyl (C=O) groups is 2. The van der Waals surface area contributed by atoms with Gasteiger partial charge in [0, 0.05) is 22.1 Å². The summed E-state index contributed by atoms with van der Waals surface area (Å²) in [5, 5.41) is 4.77. The molecule has 2 heterocycles. The van der Waals surface area contributed by atoms with Crippen molar-refractivity contribution in [2.45, 2.75) is 0 Å². The quantitative estimate of drug-likeness (QED) is 0.470. The van der Waals surface area contributed by atoms with Crippen LogP contribution in [0.25, 0.3) is 6.08 Å². The largest absolute Gasteiger partial charge is 0.322 e. The molecule has 3 nitrogen and oxygen atoms in total. The minimum Gasteiger partial charge on any atom is -0.322 e. The number of hydrogen-bond acceptors (Lipinski definition) is 5. The molecular weight excluding hydrogens is 358 g/mol. The van der Waals surface area contributed by atoms with Crippen molar-refractivity contribution in [2.24, 2.45) is 0 Å². The average molecular weight is 374 g/mol. The summed E-state index contributed by atoms with van der Waals surface area (Å²) in [5.74, 6) is 1.24. The van der Waals surface area contributed by atoms with E-state index in [4.69, 9.17) is 0 Å². The maximum atomic E-state index is 12.7. The number of allylic oxidation sites excluding steroid dienone is 1. The predicted molar refractivity (Wildman–Crippen MR) is 105 cm³/mol. The van der Waals surface area contributed by atoms with Gasteiger partial charge in [-0.05, 0) is 35.7 Å². The smallest absolute Gasteiger partial charge is 0.261 e. The Labute approximate surface area is 153 Å². The van der Waals surface area contributed by atoms with Crippen LogP contribution in [0.3, 0.4) is 0 Å². The molecule has 0 atom stereocenters. The van der Waals surface area contributed by atoms with E-state index in [0.29, 0.717) is 5.69 Å². The second-order valence-electron chi connectivity index (χ2n) is 4.89. The Morgan fingerprint density at radius 2 is 1.75 bits per heavy atom. The Morgan fingerprint density at radius 1 is 1.00 bits per heavy atom. The molecule has 1 amide bonds. The lowest BCUT2D eigenvalue weighted by Crippen LogP contribution is -2.20. The Morgan fingerprint density at radius 3 is 2.42 bits per heavy atom. The van der Waals surface area contributed by atoms with E-state index in [2.05, 4.69) is 5.32 Å². The molecule has 1 fully saturated rings. The van der Waals surface area contributed by atoms with E-state index in [1.165, 1.54) is 6.08 Å². The normalized spacial score (nSPS) is 14.1. The highest BCUT2D eigenvalue weighted by Gasteiger charge is 2.25. The van der Waals surface area contributed by atoms with Crippen LogP contribution in [0.4, 0.5) is 5.69 Å². The molecule has 0 saturated carbocycles. The van der Waals surface area contributed by atoms with Crippen molar-refractivity contribution in [3.63, 3.8) is 0 Å². The van der Waals surface area contributed by atoms with Crippen LogP contribution in [0.2, 0.25) is 0 Å². The van der Waals surface area contributed by atoms with Gasteiger partial charge in [-0.15, -0.1) is 34.9 Å². The summed E-state index contributed by atoms with van der Waals surface area (Å²) in [6, 6.07) is 13.1. The van der Waals surface area contributed by atoms with Gasteiger partial charge >= 0.3 is 0 Å². The van der Waals surface area contributed by atoms with Gasteiger partial charge in [-0.1, -0.05) is 24.3 Å². The summed E-state index contributed by atoms with van der Waals surface area (Å²) in [6.07, 6.45) is 3.24. The van der Waals surface area contributed by atoms with Crippen LogP contribution < -0.4 is 5.32 Å². The zero-order valence-electron chi connectivity index (χ0n) is 12.7. The predicted octanol–water partition coefficient (Wildman–Crippen LogP) is 4.66.